The van der Waals surface area contributed by atoms with Crippen molar-refractivity contribution in [3.63, 3.8) is 0 Å². The molecule has 4 aliphatic rings. The Morgan fingerprint density at radius 2 is 2.03 bits per heavy atom. The smallest absolute Gasteiger partial charge is 0.479 e. The van der Waals surface area contributed by atoms with Crippen LogP contribution in [-0.4, -0.2) is 54.4 Å². The first-order valence-corrected chi connectivity index (χ1v) is 14.2. The maximum atomic E-state index is 15.1. The minimum absolute atomic E-state index is 0.0246. The number of Topliss-reactive ketones (excluding diaryl/α,β-unsaturated/α-hetero) is 1. The molecule has 0 amide bonds. The molecule has 1 aliphatic heterocycles. The first-order valence-electron chi connectivity index (χ1n) is 14.2. The van der Waals surface area contributed by atoms with Crippen molar-refractivity contribution in [1.82, 2.24) is 0 Å². The highest BCUT2D eigenvalue weighted by atomic mass is 19.1. The van der Waals surface area contributed by atoms with Crippen LogP contribution in [0.4, 0.5) is 4.39 Å². The van der Waals surface area contributed by atoms with Crippen LogP contribution in [0.3, 0.4) is 0 Å². The van der Waals surface area contributed by atoms with E-state index >= 15 is 4.39 Å². The lowest BCUT2D eigenvalue weighted by Crippen LogP contribution is -2.63. The third kappa shape index (κ3) is 4.27. The molecule has 1 aromatic carbocycles. The Kier molecular flexibility index (Phi) is 7.26. The van der Waals surface area contributed by atoms with E-state index in [9.17, 15) is 19.7 Å². The summed E-state index contributed by atoms with van der Waals surface area (Å²) in [6.07, 6.45) is 4.01. The number of aliphatic hydroxyl groups is 1. The highest BCUT2D eigenvalue weighted by Crippen LogP contribution is 2.68. The summed E-state index contributed by atoms with van der Waals surface area (Å²) < 4.78 is 32.0. The molecule has 2 bridgehead atoms. The van der Waals surface area contributed by atoms with Crippen molar-refractivity contribution in [2.45, 2.75) is 78.4 Å². The molecule has 0 saturated heterocycles. The minimum Gasteiger partial charge on any atom is -0.479 e. The van der Waals surface area contributed by atoms with E-state index in [4.69, 9.17) is 14.1 Å². The van der Waals surface area contributed by atoms with Crippen molar-refractivity contribution in [3.8, 4) is 5.75 Å². The third-order valence-electron chi connectivity index (χ3n) is 11.0. The van der Waals surface area contributed by atoms with Gasteiger partial charge in [-0.05, 0) is 61.0 Å². The zero-order valence-electron chi connectivity index (χ0n) is 23.4. The van der Waals surface area contributed by atoms with E-state index in [2.05, 4.69) is 27.4 Å². The van der Waals surface area contributed by atoms with Gasteiger partial charge in [-0.1, -0.05) is 39.8 Å². The molecule has 9 heteroatoms. The van der Waals surface area contributed by atoms with Gasteiger partial charge in [0.25, 0.3) is 0 Å². The molecule has 8 atom stereocenters. The maximum Gasteiger partial charge on any atom is 0.494 e. The SMILES string of the molecule is C=C[C@]1(C)C[C@@H](OC(=O)COc2ccc3c(c2F)B(O)OCC3)[C@]2(C)[C@H](C)CC[C@]3(CCC(=O)[C@H]32)[C@@H](C)[C@@H]1O. The van der Waals surface area contributed by atoms with Gasteiger partial charge in [0.15, 0.2) is 18.2 Å². The molecule has 7 nitrogen and oxygen atoms in total. The largest absolute Gasteiger partial charge is 0.494 e. The number of benzene rings is 1. The van der Waals surface area contributed by atoms with Crippen LogP contribution in [0.1, 0.15) is 65.4 Å². The first kappa shape index (κ1) is 28.3. The Balaban J connectivity index is 1.44. The summed E-state index contributed by atoms with van der Waals surface area (Å²) in [5.74, 6) is -1.77. The highest BCUT2D eigenvalue weighted by molar-refractivity contribution is 6.61. The number of ether oxygens (including phenoxy) is 2. The number of rotatable bonds is 5. The summed E-state index contributed by atoms with van der Waals surface area (Å²) in [5.41, 5.74) is -1.08. The minimum atomic E-state index is -1.39. The van der Waals surface area contributed by atoms with E-state index in [1.54, 1.807) is 12.1 Å². The van der Waals surface area contributed by atoms with Crippen LogP contribution in [0, 0.1) is 39.8 Å². The van der Waals surface area contributed by atoms with E-state index in [0.717, 1.165) is 19.3 Å². The molecule has 1 aromatic rings. The Labute approximate surface area is 230 Å². The molecular weight excluding hydrogens is 502 g/mol. The molecular formula is C30H40BFO7. The number of esters is 1. The van der Waals surface area contributed by atoms with Crippen LogP contribution < -0.4 is 10.2 Å². The molecule has 1 heterocycles. The molecule has 39 heavy (non-hydrogen) atoms. The van der Waals surface area contributed by atoms with Gasteiger partial charge in [0.1, 0.15) is 11.9 Å². The van der Waals surface area contributed by atoms with Crippen LogP contribution in [0.25, 0.3) is 0 Å². The van der Waals surface area contributed by atoms with Crippen molar-refractivity contribution >= 4 is 24.3 Å². The van der Waals surface area contributed by atoms with Crippen molar-refractivity contribution in [2.24, 2.45) is 34.0 Å². The monoisotopic (exact) mass is 542 g/mol. The number of hydrogen-bond donors (Lipinski definition) is 2. The number of hydrogen-bond acceptors (Lipinski definition) is 7. The summed E-state index contributed by atoms with van der Waals surface area (Å²) >= 11 is 0. The molecule has 2 N–H and O–H groups in total. The lowest BCUT2D eigenvalue weighted by Gasteiger charge is -2.61. The maximum absolute atomic E-state index is 15.1. The summed E-state index contributed by atoms with van der Waals surface area (Å²) in [4.78, 5) is 26.8. The Morgan fingerprint density at radius 3 is 2.74 bits per heavy atom. The Hall–Kier alpha value is -2.23. The second kappa shape index (κ2) is 10.00. The summed E-state index contributed by atoms with van der Waals surface area (Å²) in [6, 6.07) is 3.10. The van der Waals surface area contributed by atoms with Crippen molar-refractivity contribution in [1.29, 1.82) is 0 Å². The third-order valence-corrected chi connectivity index (χ3v) is 11.0. The molecule has 3 aliphatic carbocycles. The molecule has 0 radical (unpaired) electrons. The fourth-order valence-corrected chi connectivity index (χ4v) is 8.40. The van der Waals surface area contributed by atoms with Gasteiger partial charge in [0.2, 0.25) is 0 Å². The van der Waals surface area contributed by atoms with Crippen molar-refractivity contribution in [3.05, 3.63) is 36.2 Å². The summed E-state index contributed by atoms with van der Waals surface area (Å²) in [5, 5.41) is 21.7. The van der Waals surface area contributed by atoms with Gasteiger partial charge in [-0.3, -0.25) is 4.79 Å². The quantitative estimate of drug-likeness (QED) is 0.334. The lowest BCUT2D eigenvalue weighted by atomic mass is 9.44. The van der Waals surface area contributed by atoms with Crippen molar-refractivity contribution in [2.75, 3.05) is 13.2 Å². The van der Waals surface area contributed by atoms with Gasteiger partial charge in [-0.25, -0.2) is 9.18 Å². The van der Waals surface area contributed by atoms with Gasteiger partial charge >= 0.3 is 13.1 Å². The van der Waals surface area contributed by atoms with Gasteiger partial charge in [0, 0.05) is 35.2 Å². The number of aliphatic hydroxyl groups excluding tert-OH is 1. The average Bonchev–Trinajstić information content (AvgIpc) is 3.26. The number of carbonyl (C=O) groups is 2. The van der Waals surface area contributed by atoms with Crippen LogP contribution in [0.5, 0.6) is 5.75 Å². The number of fused-ring (bicyclic) bond motifs is 1. The van der Waals surface area contributed by atoms with Crippen LogP contribution in [0.15, 0.2) is 24.8 Å². The van der Waals surface area contributed by atoms with Crippen LogP contribution in [-0.2, 0) is 25.4 Å². The lowest BCUT2D eigenvalue weighted by molar-refractivity contribution is -0.207. The Bertz CT molecular complexity index is 1170. The van der Waals surface area contributed by atoms with Gasteiger partial charge in [-0.15, -0.1) is 6.58 Å². The van der Waals surface area contributed by atoms with Crippen LogP contribution in [0.2, 0.25) is 0 Å². The van der Waals surface area contributed by atoms with Crippen molar-refractivity contribution < 1.29 is 38.2 Å². The normalized spacial score (nSPS) is 39.7. The van der Waals surface area contributed by atoms with E-state index < -0.39 is 48.5 Å². The topological polar surface area (TPSA) is 102 Å². The van der Waals surface area contributed by atoms with E-state index in [-0.39, 0.29) is 40.2 Å². The zero-order chi connectivity index (χ0) is 28.3. The second-order valence-corrected chi connectivity index (χ2v) is 12.8. The predicted molar refractivity (Wildman–Crippen MR) is 144 cm³/mol. The second-order valence-electron chi connectivity index (χ2n) is 12.8. The van der Waals surface area contributed by atoms with Gasteiger partial charge in [0.05, 0.1) is 6.10 Å². The zero-order valence-corrected chi connectivity index (χ0v) is 23.4. The Morgan fingerprint density at radius 1 is 1.28 bits per heavy atom. The number of halogens is 1. The molecule has 0 unspecified atom stereocenters. The summed E-state index contributed by atoms with van der Waals surface area (Å²) in [6.45, 7) is 12.0. The average molecular weight is 542 g/mol. The predicted octanol–water partition coefficient (Wildman–Crippen LogP) is 3.37. The standard InChI is InChI=1S/C30H40BFO7/c1-6-28(4)15-22(29(5)17(2)9-12-30(18(3)27(28)35)13-10-20(33)26(29)30)39-23(34)16-37-21-8-7-19-11-14-38-31(36)24(19)25(21)32/h6-8,17-18,22,26-27,35-36H,1,9-16H2,2-5H3/t17-,18+,22-,26+,27+,28-,29+,30+/m1/s1. The molecule has 212 valence electrons. The first-order chi connectivity index (χ1) is 18.4. The van der Waals surface area contributed by atoms with E-state index in [0.29, 0.717) is 31.4 Å². The highest BCUT2D eigenvalue weighted by Gasteiger charge is 2.68. The fraction of sp³-hybridized carbons (Fsp3) is 0.667. The van der Waals surface area contributed by atoms with E-state index in [1.165, 1.54) is 6.07 Å². The van der Waals surface area contributed by atoms with Gasteiger partial charge in [-0.2, -0.15) is 0 Å². The number of carbonyl (C=O) groups excluding carboxylic acids is 2. The van der Waals surface area contributed by atoms with Crippen LogP contribution >= 0.6 is 0 Å². The molecule has 0 aromatic heterocycles. The molecule has 0 spiro atoms. The molecule has 3 fully saturated rings. The van der Waals surface area contributed by atoms with E-state index in [1.807, 2.05) is 6.92 Å². The fourth-order valence-electron chi connectivity index (χ4n) is 8.40. The van der Waals surface area contributed by atoms with Gasteiger partial charge < -0.3 is 24.3 Å². The number of ketones is 1. The summed E-state index contributed by atoms with van der Waals surface area (Å²) in [7, 11) is -1.39. The molecule has 5 rings (SSSR count). The molecule has 3 saturated carbocycles.